The molecule has 0 spiro atoms. The molecular formula is C13H16F3N3O2. The van der Waals surface area contributed by atoms with Gasteiger partial charge in [-0.1, -0.05) is 0 Å². The number of urea groups is 1. The van der Waals surface area contributed by atoms with Crippen molar-refractivity contribution in [3.63, 3.8) is 0 Å². The van der Waals surface area contributed by atoms with Crippen LogP contribution in [-0.2, 0) is 6.18 Å². The second kappa shape index (κ2) is 6.96. The average molecular weight is 303 g/mol. The predicted octanol–water partition coefficient (Wildman–Crippen LogP) is 1.71. The minimum absolute atomic E-state index is 0.127. The van der Waals surface area contributed by atoms with E-state index in [1.165, 1.54) is 4.90 Å². The molecule has 0 atom stereocenters. The number of carbonyl (C=O) groups is 2. The summed E-state index contributed by atoms with van der Waals surface area (Å²) in [6.07, 6.45) is -4.43. The third-order valence-corrected chi connectivity index (χ3v) is 2.57. The lowest BCUT2D eigenvalue weighted by Gasteiger charge is -2.12. The van der Waals surface area contributed by atoms with Crippen molar-refractivity contribution < 1.29 is 22.8 Å². The minimum atomic E-state index is -4.43. The molecule has 21 heavy (non-hydrogen) atoms. The molecule has 116 valence electrons. The third-order valence-electron chi connectivity index (χ3n) is 2.57. The van der Waals surface area contributed by atoms with Gasteiger partial charge in [0.15, 0.2) is 0 Å². The molecule has 0 fully saturated rings. The van der Waals surface area contributed by atoms with E-state index in [2.05, 4.69) is 10.6 Å². The van der Waals surface area contributed by atoms with E-state index in [1.807, 2.05) is 0 Å². The summed E-state index contributed by atoms with van der Waals surface area (Å²) in [4.78, 5) is 24.2. The molecule has 0 aliphatic rings. The second-order valence-corrected chi connectivity index (χ2v) is 4.46. The quantitative estimate of drug-likeness (QED) is 0.832. The number of hydrogen-bond donors (Lipinski definition) is 2. The topological polar surface area (TPSA) is 61.4 Å². The normalized spacial score (nSPS) is 10.9. The largest absolute Gasteiger partial charge is 0.416 e. The summed E-state index contributed by atoms with van der Waals surface area (Å²) >= 11 is 0. The number of nitrogens with one attached hydrogen (secondary N) is 2. The molecule has 1 aromatic rings. The molecular weight excluding hydrogens is 287 g/mol. The summed E-state index contributed by atoms with van der Waals surface area (Å²) in [6.45, 7) is 0.406. The molecule has 0 unspecified atom stereocenters. The highest BCUT2D eigenvalue weighted by atomic mass is 19.4. The Kier molecular flexibility index (Phi) is 5.57. The van der Waals surface area contributed by atoms with Crippen molar-refractivity contribution in [2.24, 2.45) is 0 Å². The highest BCUT2D eigenvalue weighted by Crippen LogP contribution is 2.28. The number of halogens is 3. The molecule has 0 aromatic heterocycles. The zero-order chi connectivity index (χ0) is 16.0. The highest BCUT2D eigenvalue weighted by molar-refractivity contribution is 5.94. The van der Waals surface area contributed by atoms with Crippen molar-refractivity contribution in [2.45, 2.75) is 6.18 Å². The van der Waals surface area contributed by atoms with Crippen LogP contribution in [0.1, 0.15) is 15.9 Å². The van der Waals surface area contributed by atoms with Gasteiger partial charge in [-0.2, -0.15) is 13.2 Å². The smallest absolute Gasteiger partial charge is 0.350 e. The lowest BCUT2D eigenvalue weighted by molar-refractivity contribution is -0.137. The van der Waals surface area contributed by atoms with Gasteiger partial charge in [0.25, 0.3) is 5.91 Å². The minimum Gasteiger partial charge on any atom is -0.350 e. The molecule has 0 saturated heterocycles. The lowest BCUT2D eigenvalue weighted by atomic mass is 10.1. The molecule has 0 aliphatic heterocycles. The average Bonchev–Trinajstić information content (AvgIpc) is 2.42. The number of amides is 3. The van der Waals surface area contributed by atoms with Crippen LogP contribution in [0.4, 0.5) is 18.0 Å². The third kappa shape index (κ3) is 5.33. The van der Waals surface area contributed by atoms with Crippen LogP contribution in [0.15, 0.2) is 24.3 Å². The predicted molar refractivity (Wildman–Crippen MR) is 70.9 cm³/mol. The van der Waals surface area contributed by atoms with Crippen LogP contribution >= 0.6 is 0 Å². The van der Waals surface area contributed by atoms with Gasteiger partial charge >= 0.3 is 12.2 Å². The first kappa shape index (κ1) is 16.8. The Bertz CT molecular complexity index is 498. The Balaban J connectivity index is 2.44. The number of carbonyl (C=O) groups excluding carboxylic acids is 2. The molecule has 0 bridgehead atoms. The van der Waals surface area contributed by atoms with E-state index in [4.69, 9.17) is 0 Å². The van der Waals surface area contributed by atoms with Gasteiger partial charge in [-0.25, -0.2) is 4.79 Å². The van der Waals surface area contributed by atoms with E-state index in [9.17, 15) is 22.8 Å². The second-order valence-electron chi connectivity index (χ2n) is 4.46. The summed E-state index contributed by atoms with van der Waals surface area (Å²) in [5.74, 6) is -0.497. The van der Waals surface area contributed by atoms with Crippen LogP contribution in [0.2, 0.25) is 0 Å². The Morgan fingerprint density at radius 3 is 2.05 bits per heavy atom. The van der Waals surface area contributed by atoms with E-state index >= 15 is 0 Å². The molecule has 8 heteroatoms. The highest BCUT2D eigenvalue weighted by Gasteiger charge is 2.30. The summed E-state index contributed by atoms with van der Waals surface area (Å²) < 4.78 is 37.1. The molecule has 1 rings (SSSR count). The molecule has 5 nitrogen and oxygen atoms in total. The molecule has 0 saturated carbocycles. The standard InChI is InChI=1S/C13H16F3N3O2/c1-19(2)12(21)18-8-7-17-11(20)9-3-5-10(6-4-9)13(14,15)16/h3-6H,7-8H2,1-2H3,(H,17,20)(H,18,21). The molecule has 2 N–H and O–H groups in total. The molecule has 0 radical (unpaired) electrons. The SMILES string of the molecule is CN(C)C(=O)NCCNC(=O)c1ccc(C(F)(F)F)cc1. The maximum Gasteiger partial charge on any atom is 0.416 e. The van der Waals surface area contributed by atoms with Crippen LogP contribution in [0.5, 0.6) is 0 Å². The first-order chi connectivity index (χ1) is 9.71. The fraction of sp³-hybridized carbons (Fsp3) is 0.385. The van der Waals surface area contributed by atoms with E-state index in [0.717, 1.165) is 24.3 Å². The van der Waals surface area contributed by atoms with Gasteiger partial charge in [0.2, 0.25) is 0 Å². The van der Waals surface area contributed by atoms with Gasteiger partial charge in [0, 0.05) is 32.7 Å². The van der Waals surface area contributed by atoms with Crippen molar-refractivity contribution >= 4 is 11.9 Å². The number of rotatable bonds is 4. The molecule has 0 heterocycles. The van der Waals surface area contributed by atoms with Gasteiger partial charge < -0.3 is 15.5 Å². The van der Waals surface area contributed by atoms with E-state index < -0.39 is 17.6 Å². The van der Waals surface area contributed by atoms with Crippen molar-refractivity contribution in [1.29, 1.82) is 0 Å². The van der Waals surface area contributed by atoms with Gasteiger partial charge in [-0.15, -0.1) is 0 Å². The van der Waals surface area contributed by atoms with E-state index in [0.29, 0.717) is 0 Å². The zero-order valence-electron chi connectivity index (χ0n) is 11.6. The van der Waals surface area contributed by atoms with Crippen molar-refractivity contribution in [3.05, 3.63) is 35.4 Å². The van der Waals surface area contributed by atoms with E-state index in [-0.39, 0.29) is 24.7 Å². The first-order valence-corrected chi connectivity index (χ1v) is 6.12. The summed E-state index contributed by atoms with van der Waals surface area (Å²) in [6, 6.07) is 3.62. The summed E-state index contributed by atoms with van der Waals surface area (Å²) in [7, 11) is 3.16. The Labute approximate surface area is 120 Å². The Morgan fingerprint density at radius 1 is 1.05 bits per heavy atom. The van der Waals surface area contributed by atoms with Gasteiger partial charge in [-0.05, 0) is 24.3 Å². The molecule has 3 amide bonds. The lowest BCUT2D eigenvalue weighted by Crippen LogP contribution is -2.39. The fourth-order valence-electron chi connectivity index (χ4n) is 1.42. The number of benzene rings is 1. The summed E-state index contributed by atoms with van der Waals surface area (Å²) in [5, 5.41) is 5.04. The van der Waals surface area contributed by atoms with Crippen molar-refractivity contribution in [3.8, 4) is 0 Å². The summed E-state index contributed by atoms with van der Waals surface area (Å²) in [5.41, 5.74) is -0.681. The van der Waals surface area contributed by atoms with Crippen molar-refractivity contribution in [1.82, 2.24) is 15.5 Å². The number of hydrogen-bond acceptors (Lipinski definition) is 2. The van der Waals surface area contributed by atoms with Gasteiger partial charge in [-0.3, -0.25) is 4.79 Å². The Morgan fingerprint density at radius 2 is 1.57 bits per heavy atom. The van der Waals surface area contributed by atoms with Crippen LogP contribution in [0, 0.1) is 0 Å². The maximum atomic E-state index is 12.4. The number of alkyl halides is 3. The Hall–Kier alpha value is -2.25. The molecule has 1 aromatic carbocycles. The number of nitrogens with zero attached hydrogens (tertiary/aromatic N) is 1. The van der Waals surface area contributed by atoms with Crippen LogP contribution < -0.4 is 10.6 Å². The fourth-order valence-corrected chi connectivity index (χ4v) is 1.42. The van der Waals surface area contributed by atoms with Gasteiger partial charge in [0.1, 0.15) is 0 Å². The van der Waals surface area contributed by atoms with Crippen LogP contribution in [-0.4, -0.2) is 44.0 Å². The monoisotopic (exact) mass is 303 g/mol. The first-order valence-electron chi connectivity index (χ1n) is 6.12. The van der Waals surface area contributed by atoms with Crippen LogP contribution in [0.3, 0.4) is 0 Å². The molecule has 0 aliphatic carbocycles. The maximum absolute atomic E-state index is 12.4. The van der Waals surface area contributed by atoms with E-state index in [1.54, 1.807) is 14.1 Å². The van der Waals surface area contributed by atoms with Crippen molar-refractivity contribution in [2.75, 3.05) is 27.2 Å². The van der Waals surface area contributed by atoms with Crippen LogP contribution in [0.25, 0.3) is 0 Å². The zero-order valence-corrected chi connectivity index (χ0v) is 11.6. The van der Waals surface area contributed by atoms with Gasteiger partial charge in [0.05, 0.1) is 5.56 Å².